The molecule has 0 spiro atoms. The van der Waals surface area contributed by atoms with Gasteiger partial charge in [-0.15, -0.1) is 0 Å². The molecule has 0 aromatic heterocycles. The molecule has 0 radical (unpaired) electrons. The van der Waals surface area contributed by atoms with Crippen molar-refractivity contribution in [2.75, 3.05) is 20.4 Å². The highest BCUT2D eigenvalue weighted by Gasteiger charge is 2.17. The Hall–Kier alpha value is -9.64. The predicted molar refractivity (Wildman–Crippen MR) is 316 cm³/mol. The zero-order valence-electron chi connectivity index (χ0n) is 41.5. The second-order valence-corrected chi connectivity index (χ2v) is 18.9. The van der Waals surface area contributed by atoms with Crippen molar-refractivity contribution in [1.82, 2.24) is 0 Å². The molecule has 0 fully saturated rings. The van der Waals surface area contributed by atoms with Gasteiger partial charge in [-0.05, 0) is 178 Å². The van der Waals surface area contributed by atoms with Gasteiger partial charge in [-0.1, -0.05) is 170 Å². The Labute approximate surface area is 434 Å². The van der Waals surface area contributed by atoms with Gasteiger partial charge >= 0.3 is 0 Å². The van der Waals surface area contributed by atoms with Crippen LogP contribution in [0, 0.1) is 13.8 Å². The number of hydrogen-bond donors (Lipinski definition) is 2. The van der Waals surface area contributed by atoms with Gasteiger partial charge in [0, 0.05) is 56.3 Å². The molecule has 0 bridgehead atoms. The molecule has 0 atom stereocenters. The number of para-hydroxylation sites is 2. The Morgan fingerprint density at radius 2 is 0.568 bits per heavy atom. The van der Waals surface area contributed by atoms with Crippen LogP contribution < -0.4 is 20.4 Å². The molecule has 0 heterocycles. The molecule has 0 saturated carbocycles. The summed E-state index contributed by atoms with van der Waals surface area (Å²) in [5, 5.41) is 12.2. The third-order valence-electron chi connectivity index (χ3n) is 14.1. The van der Waals surface area contributed by atoms with E-state index in [0.29, 0.717) is 0 Å². The molecule has 12 aromatic rings. The lowest BCUT2D eigenvalue weighted by atomic mass is 9.99. The Morgan fingerprint density at radius 3 is 0.946 bits per heavy atom. The third kappa shape index (κ3) is 9.36. The summed E-state index contributed by atoms with van der Waals surface area (Å²) >= 11 is 0. The van der Waals surface area contributed by atoms with Crippen molar-refractivity contribution in [2.24, 2.45) is 0 Å². The lowest BCUT2D eigenvalue weighted by Gasteiger charge is -2.27. The van der Waals surface area contributed by atoms with E-state index in [1.807, 2.05) is 0 Å². The third-order valence-corrected chi connectivity index (χ3v) is 14.1. The van der Waals surface area contributed by atoms with Crippen LogP contribution >= 0.6 is 0 Å². The second kappa shape index (κ2) is 20.2. The van der Waals surface area contributed by atoms with E-state index in [2.05, 4.69) is 313 Å². The molecule has 0 saturated heterocycles. The van der Waals surface area contributed by atoms with E-state index in [9.17, 15) is 0 Å². The Bertz CT molecular complexity index is 3620. The quantitative estimate of drug-likeness (QED) is 0.121. The van der Waals surface area contributed by atoms with Crippen molar-refractivity contribution in [3.8, 4) is 33.4 Å². The zero-order chi connectivity index (χ0) is 49.8. The number of hydrogen-bond acceptors (Lipinski definition) is 4. The fourth-order valence-electron chi connectivity index (χ4n) is 10.2. The van der Waals surface area contributed by atoms with E-state index in [4.69, 9.17) is 0 Å². The normalized spacial score (nSPS) is 11.1. The van der Waals surface area contributed by atoms with Gasteiger partial charge in [0.1, 0.15) is 0 Å². The molecule has 0 aliphatic rings. The van der Waals surface area contributed by atoms with E-state index in [1.165, 1.54) is 66.1 Å². The van der Waals surface area contributed by atoms with Crippen LogP contribution in [-0.2, 0) is 0 Å². The molecule has 0 aliphatic carbocycles. The minimum absolute atomic E-state index is 1.05. The number of benzene rings is 12. The molecule has 12 rings (SSSR count). The summed E-state index contributed by atoms with van der Waals surface area (Å²) in [7, 11) is 0. The van der Waals surface area contributed by atoms with E-state index in [0.717, 1.165) is 56.9 Å². The SMILES string of the molecule is Cc1cc(-c2ccc(Nc3ccc(-c4ccc(N(c5ccccc5)c5cccc6ccccc56)cc4)cc3)c(C)c2)ccc1Nc1ccc(-c2ccc(N(c3ccccc3)c3cccc4ccccc34)cc2)cc1. The van der Waals surface area contributed by atoms with Crippen molar-refractivity contribution in [3.05, 3.63) is 290 Å². The fourth-order valence-corrected chi connectivity index (χ4v) is 10.2. The maximum atomic E-state index is 3.67. The Morgan fingerprint density at radius 1 is 0.257 bits per heavy atom. The van der Waals surface area contributed by atoms with Crippen molar-refractivity contribution in [1.29, 1.82) is 0 Å². The number of fused-ring (bicyclic) bond motifs is 2. The minimum Gasteiger partial charge on any atom is -0.355 e. The monoisotopic (exact) mass is 950 g/mol. The van der Waals surface area contributed by atoms with E-state index in [1.54, 1.807) is 0 Å². The highest BCUT2D eigenvalue weighted by Crippen LogP contribution is 2.42. The number of rotatable bonds is 13. The molecule has 2 N–H and O–H groups in total. The maximum Gasteiger partial charge on any atom is 0.0540 e. The van der Waals surface area contributed by atoms with Crippen LogP contribution in [0.5, 0.6) is 0 Å². The molecule has 4 nitrogen and oxygen atoms in total. The molecular weight excluding hydrogens is 897 g/mol. The van der Waals surface area contributed by atoms with Gasteiger partial charge in [0.2, 0.25) is 0 Å². The zero-order valence-corrected chi connectivity index (χ0v) is 41.5. The van der Waals surface area contributed by atoms with Crippen LogP contribution in [0.15, 0.2) is 279 Å². The molecule has 74 heavy (non-hydrogen) atoms. The van der Waals surface area contributed by atoms with E-state index >= 15 is 0 Å². The highest BCUT2D eigenvalue weighted by molar-refractivity contribution is 6.00. The molecule has 4 heteroatoms. The lowest BCUT2D eigenvalue weighted by molar-refractivity contribution is 1.30. The van der Waals surface area contributed by atoms with Gasteiger partial charge in [-0.2, -0.15) is 0 Å². The average Bonchev–Trinajstić information content (AvgIpc) is 3.46. The van der Waals surface area contributed by atoms with E-state index in [-0.39, 0.29) is 0 Å². The number of nitrogens with zero attached hydrogens (tertiary/aromatic N) is 2. The largest absolute Gasteiger partial charge is 0.355 e. The van der Waals surface area contributed by atoms with Crippen LogP contribution in [0.25, 0.3) is 54.9 Å². The van der Waals surface area contributed by atoms with Crippen molar-refractivity contribution >= 4 is 78.4 Å². The topological polar surface area (TPSA) is 30.5 Å². The number of aryl methyl sites for hydroxylation is 2. The summed E-state index contributed by atoms with van der Waals surface area (Å²) < 4.78 is 0. The van der Waals surface area contributed by atoms with Crippen LogP contribution in [0.1, 0.15) is 11.1 Å². The van der Waals surface area contributed by atoms with Crippen molar-refractivity contribution in [3.63, 3.8) is 0 Å². The van der Waals surface area contributed by atoms with E-state index < -0.39 is 0 Å². The number of anilines is 10. The first kappa shape index (κ1) is 45.5. The van der Waals surface area contributed by atoms with Crippen LogP contribution in [0.2, 0.25) is 0 Å². The van der Waals surface area contributed by atoms with Gasteiger partial charge in [0.05, 0.1) is 11.4 Å². The van der Waals surface area contributed by atoms with Gasteiger partial charge in [-0.3, -0.25) is 0 Å². The Balaban J connectivity index is 0.697. The first-order chi connectivity index (χ1) is 36.5. The van der Waals surface area contributed by atoms with Gasteiger partial charge in [0.15, 0.2) is 0 Å². The molecule has 12 aromatic carbocycles. The van der Waals surface area contributed by atoms with Gasteiger partial charge < -0.3 is 20.4 Å². The van der Waals surface area contributed by atoms with Crippen LogP contribution in [-0.4, -0.2) is 0 Å². The predicted octanol–water partition coefficient (Wildman–Crippen LogP) is 20.0. The summed E-state index contributed by atoms with van der Waals surface area (Å²) in [6.07, 6.45) is 0. The first-order valence-electron chi connectivity index (χ1n) is 25.3. The maximum absolute atomic E-state index is 3.67. The van der Waals surface area contributed by atoms with Crippen molar-refractivity contribution < 1.29 is 0 Å². The molecule has 0 aliphatic heterocycles. The van der Waals surface area contributed by atoms with Gasteiger partial charge in [-0.25, -0.2) is 0 Å². The summed E-state index contributed by atoms with van der Waals surface area (Å²) in [5.74, 6) is 0. The highest BCUT2D eigenvalue weighted by atomic mass is 15.1. The van der Waals surface area contributed by atoms with Crippen LogP contribution in [0.3, 0.4) is 0 Å². The van der Waals surface area contributed by atoms with Crippen molar-refractivity contribution in [2.45, 2.75) is 13.8 Å². The summed E-state index contributed by atoms with van der Waals surface area (Å²) in [6, 6.07) is 99.9. The molecule has 0 unspecified atom stereocenters. The molecule has 0 amide bonds. The number of nitrogens with one attached hydrogen (secondary N) is 2. The fraction of sp³-hybridized carbons (Fsp3) is 0.0286. The first-order valence-corrected chi connectivity index (χ1v) is 25.3. The summed E-state index contributed by atoms with van der Waals surface area (Å²) in [5.41, 5.74) is 20.5. The Kier molecular flexibility index (Phi) is 12.4. The van der Waals surface area contributed by atoms with Crippen LogP contribution in [0.4, 0.5) is 56.9 Å². The summed E-state index contributed by atoms with van der Waals surface area (Å²) in [4.78, 5) is 4.69. The molecular formula is C70H54N4. The lowest BCUT2D eigenvalue weighted by Crippen LogP contribution is -2.10. The smallest absolute Gasteiger partial charge is 0.0540 e. The minimum atomic E-state index is 1.05. The molecule has 354 valence electrons. The van der Waals surface area contributed by atoms with Gasteiger partial charge in [0.25, 0.3) is 0 Å². The standard InChI is InChI=1S/C70H54N4/c1-49-47-57(35-45-67(49)71-59-37-27-51(28-38-59)53-31-41-63(42-32-53)73(61-19-5-3-6-20-61)69-25-13-17-55-15-9-11-23-65(55)69)58-36-46-68(50(2)48-58)72-60-39-29-52(30-40-60)54-33-43-64(44-34-54)74(62-21-7-4-8-22-62)70-26-14-18-56-16-10-12-24-66(56)70/h3-48,71-72H,1-2H3. The second-order valence-electron chi connectivity index (χ2n) is 18.9. The summed E-state index contributed by atoms with van der Waals surface area (Å²) in [6.45, 7) is 4.34. The average molecular weight is 951 g/mol.